The van der Waals surface area contributed by atoms with Crippen molar-refractivity contribution >= 4 is 12.9 Å². The summed E-state index contributed by atoms with van der Waals surface area (Å²) in [6, 6.07) is 2.99. The number of hydrogen-bond donors (Lipinski definition) is 1. The lowest BCUT2D eigenvalue weighted by Gasteiger charge is -2.05. The maximum absolute atomic E-state index is 12.8. The van der Waals surface area contributed by atoms with Crippen molar-refractivity contribution in [3.05, 3.63) is 29.1 Å². The highest BCUT2D eigenvalue weighted by Crippen LogP contribution is 2.07. The van der Waals surface area contributed by atoms with Crippen LogP contribution in [0.5, 0.6) is 0 Å². The first-order valence-corrected chi connectivity index (χ1v) is 3.52. The van der Waals surface area contributed by atoms with Crippen molar-refractivity contribution in [2.75, 3.05) is 0 Å². The summed E-state index contributed by atoms with van der Waals surface area (Å²) in [5.41, 5.74) is 2.26. The Morgan fingerprint density at radius 2 is 1.91 bits per heavy atom. The normalized spacial score (nSPS) is 9.82. The average Bonchev–Trinajstić information content (AvgIpc) is 2.01. The van der Waals surface area contributed by atoms with E-state index in [-0.39, 0.29) is 13.3 Å². The summed E-state index contributed by atoms with van der Waals surface area (Å²) in [5.74, 6) is -0.209. The van der Waals surface area contributed by atoms with Crippen LogP contribution in [-0.2, 0) is 0 Å². The van der Waals surface area contributed by atoms with Gasteiger partial charge in [-0.25, -0.2) is 4.39 Å². The second kappa shape index (κ2) is 3.05. The van der Waals surface area contributed by atoms with Crippen LogP contribution in [0.1, 0.15) is 11.1 Å². The fraction of sp³-hybridized carbons (Fsp3) is 0.250. The molecule has 0 bridgehead atoms. The van der Waals surface area contributed by atoms with E-state index < -0.39 is 0 Å². The molecule has 0 spiro atoms. The van der Waals surface area contributed by atoms with Crippen LogP contribution in [0, 0.1) is 19.7 Å². The van der Waals surface area contributed by atoms with Gasteiger partial charge in [0.25, 0.3) is 0 Å². The molecule has 1 nitrogen and oxygen atoms in total. The van der Waals surface area contributed by atoms with Crippen LogP contribution < -0.4 is 5.46 Å². The van der Waals surface area contributed by atoms with Crippen LogP contribution >= 0.6 is 0 Å². The first kappa shape index (κ1) is 8.27. The quantitative estimate of drug-likeness (QED) is 0.578. The zero-order valence-corrected chi connectivity index (χ0v) is 6.69. The first-order valence-electron chi connectivity index (χ1n) is 3.52. The molecule has 0 unspecified atom stereocenters. The predicted octanol–water partition coefficient (Wildman–Crippen LogP) is 0.412. The van der Waals surface area contributed by atoms with Crippen LogP contribution in [0.15, 0.2) is 12.1 Å². The highest BCUT2D eigenvalue weighted by atomic mass is 19.1. The lowest BCUT2D eigenvalue weighted by atomic mass is 9.83. The molecule has 3 heteroatoms. The molecule has 1 rings (SSSR count). The Bertz CT molecular complexity index is 273. The van der Waals surface area contributed by atoms with Gasteiger partial charge in [0.1, 0.15) is 5.82 Å². The van der Waals surface area contributed by atoms with E-state index in [9.17, 15) is 4.39 Å². The second-order valence-electron chi connectivity index (χ2n) is 2.61. The van der Waals surface area contributed by atoms with Crippen molar-refractivity contribution in [2.24, 2.45) is 0 Å². The van der Waals surface area contributed by atoms with Crippen molar-refractivity contribution in [2.45, 2.75) is 13.8 Å². The minimum Gasteiger partial charge on any atom is -0.449 e. The van der Waals surface area contributed by atoms with Gasteiger partial charge in [-0.05, 0) is 36.5 Å². The Labute approximate surface area is 66.1 Å². The fourth-order valence-electron chi connectivity index (χ4n) is 1.02. The van der Waals surface area contributed by atoms with Crippen molar-refractivity contribution in [1.82, 2.24) is 0 Å². The summed E-state index contributed by atoms with van der Waals surface area (Å²) >= 11 is 0. The lowest BCUT2D eigenvalue weighted by molar-refractivity contribution is 0.611. The van der Waals surface area contributed by atoms with Crippen LogP contribution in [0.2, 0.25) is 0 Å². The maximum atomic E-state index is 12.8. The van der Waals surface area contributed by atoms with Gasteiger partial charge in [0.2, 0.25) is 0 Å². The number of halogens is 1. The lowest BCUT2D eigenvalue weighted by Crippen LogP contribution is -2.18. The molecule has 0 aliphatic carbocycles. The minimum absolute atomic E-state index is 0.0209. The molecule has 58 valence electrons. The van der Waals surface area contributed by atoms with E-state index in [0.717, 1.165) is 11.0 Å². The molecule has 0 saturated carbocycles. The van der Waals surface area contributed by atoms with E-state index in [1.54, 1.807) is 13.0 Å². The van der Waals surface area contributed by atoms with Gasteiger partial charge in [-0.2, -0.15) is 0 Å². The van der Waals surface area contributed by atoms with E-state index in [2.05, 4.69) is 0 Å². The van der Waals surface area contributed by atoms with Crippen LogP contribution in [0.4, 0.5) is 4.39 Å². The van der Waals surface area contributed by atoms with E-state index in [0.29, 0.717) is 5.56 Å². The number of rotatable bonds is 1. The fourth-order valence-corrected chi connectivity index (χ4v) is 1.02. The highest BCUT2D eigenvalue weighted by molar-refractivity contribution is 6.46. The molecule has 1 aromatic rings. The van der Waals surface area contributed by atoms with Gasteiger partial charge in [-0.1, -0.05) is 6.07 Å². The molecular formula is C8H10BFO. The van der Waals surface area contributed by atoms with E-state index in [1.165, 1.54) is 6.07 Å². The summed E-state index contributed by atoms with van der Waals surface area (Å²) in [7, 11) is -0.0209. The summed E-state index contributed by atoms with van der Waals surface area (Å²) < 4.78 is 12.8. The zero-order valence-electron chi connectivity index (χ0n) is 6.69. The van der Waals surface area contributed by atoms with Gasteiger partial charge < -0.3 is 5.02 Å². The zero-order chi connectivity index (χ0) is 8.43. The Kier molecular flexibility index (Phi) is 2.30. The topological polar surface area (TPSA) is 20.2 Å². The molecule has 0 atom stereocenters. The number of hydrogen-bond acceptors (Lipinski definition) is 1. The molecule has 0 amide bonds. The number of benzene rings is 1. The molecule has 0 radical (unpaired) electrons. The Morgan fingerprint density at radius 1 is 1.27 bits per heavy atom. The first-order chi connectivity index (χ1) is 5.16. The maximum Gasteiger partial charge on any atom is 0.305 e. The van der Waals surface area contributed by atoms with E-state index >= 15 is 0 Å². The second-order valence-corrected chi connectivity index (χ2v) is 2.61. The molecular weight excluding hydrogens is 142 g/mol. The van der Waals surface area contributed by atoms with Gasteiger partial charge in [-0.15, -0.1) is 0 Å². The monoisotopic (exact) mass is 152 g/mol. The Hall–Kier alpha value is -0.825. The molecule has 0 saturated heterocycles. The van der Waals surface area contributed by atoms with Crippen LogP contribution in [0.25, 0.3) is 0 Å². The summed E-state index contributed by atoms with van der Waals surface area (Å²) in [4.78, 5) is 0. The summed E-state index contributed by atoms with van der Waals surface area (Å²) in [6.45, 7) is 3.52. The molecule has 0 heterocycles. The van der Waals surface area contributed by atoms with Gasteiger partial charge in [0.05, 0.1) is 0 Å². The van der Waals surface area contributed by atoms with Gasteiger partial charge in [0.15, 0.2) is 0 Å². The molecule has 11 heavy (non-hydrogen) atoms. The van der Waals surface area contributed by atoms with E-state index in [1.807, 2.05) is 6.92 Å². The summed E-state index contributed by atoms with van der Waals surface area (Å²) in [6.07, 6.45) is 0. The smallest absolute Gasteiger partial charge is 0.305 e. The highest BCUT2D eigenvalue weighted by Gasteiger charge is 2.04. The summed E-state index contributed by atoms with van der Waals surface area (Å²) in [5, 5.41) is 8.81. The third-order valence-electron chi connectivity index (χ3n) is 2.00. The van der Waals surface area contributed by atoms with Gasteiger partial charge in [-0.3, -0.25) is 0 Å². The Balaban J connectivity index is 3.25. The molecule has 0 aliphatic rings. The van der Waals surface area contributed by atoms with Crippen LogP contribution in [0.3, 0.4) is 0 Å². The minimum atomic E-state index is -0.209. The van der Waals surface area contributed by atoms with Crippen molar-refractivity contribution < 1.29 is 9.41 Å². The van der Waals surface area contributed by atoms with Gasteiger partial charge >= 0.3 is 7.48 Å². The SMILES string of the molecule is Cc1c(F)ccc(BO)c1C. The molecule has 0 aromatic heterocycles. The largest absolute Gasteiger partial charge is 0.449 e. The van der Waals surface area contributed by atoms with Crippen molar-refractivity contribution in [1.29, 1.82) is 0 Å². The van der Waals surface area contributed by atoms with E-state index in [4.69, 9.17) is 5.02 Å². The Morgan fingerprint density at radius 3 is 2.45 bits per heavy atom. The van der Waals surface area contributed by atoms with Crippen molar-refractivity contribution in [3.63, 3.8) is 0 Å². The van der Waals surface area contributed by atoms with Crippen LogP contribution in [-0.4, -0.2) is 12.5 Å². The molecule has 0 fully saturated rings. The third-order valence-corrected chi connectivity index (χ3v) is 2.00. The third kappa shape index (κ3) is 1.43. The van der Waals surface area contributed by atoms with Crippen molar-refractivity contribution in [3.8, 4) is 0 Å². The standard InChI is InChI=1S/C8H10BFO/c1-5-6(2)8(10)4-3-7(5)9-11/h3-4,9,11H,1-2H3. The molecule has 1 aromatic carbocycles. The molecule has 1 N–H and O–H groups in total. The average molecular weight is 152 g/mol. The molecule has 0 aliphatic heterocycles. The predicted molar refractivity (Wildman–Crippen MR) is 44.9 cm³/mol. The van der Waals surface area contributed by atoms with Gasteiger partial charge in [0, 0.05) is 0 Å².